The number of benzene rings is 6. The van der Waals surface area contributed by atoms with Crippen LogP contribution in [0.25, 0.3) is 55.6 Å². The van der Waals surface area contributed by atoms with Gasteiger partial charge in [0.15, 0.2) is 0 Å². The normalized spacial score (nSPS) is 15.8. The lowest BCUT2D eigenvalue weighted by molar-refractivity contribution is 0.669. The third kappa shape index (κ3) is 4.38. The van der Waals surface area contributed by atoms with Gasteiger partial charge in [0, 0.05) is 51.8 Å². The number of fused-ring (bicyclic) bond motifs is 10. The van der Waals surface area contributed by atoms with Gasteiger partial charge in [-0.15, -0.1) is 0 Å². The lowest BCUT2D eigenvalue weighted by Gasteiger charge is -2.36. The Hall–Kier alpha value is -7.44. The summed E-state index contributed by atoms with van der Waals surface area (Å²) >= 11 is 0. The smallest absolute Gasteiger partial charge is 0.133 e. The zero-order chi connectivity index (χ0) is 36.7. The highest BCUT2D eigenvalue weighted by Gasteiger charge is 2.50. The van der Waals surface area contributed by atoms with Crippen LogP contribution in [0.15, 0.2) is 194 Å². The molecule has 0 radical (unpaired) electrons. The molecule has 0 saturated carbocycles. The molecule has 10 aromatic rings. The highest BCUT2D eigenvalue weighted by molar-refractivity contribution is 6.21. The van der Waals surface area contributed by atoms with Gasteiger partial charge in [0.05, 0.1) is 39.2 Å². The predicted molar refractivity (Wildman–Crippen MR) is 228 cm³/mol. The first-order valence-corrected chi connectivity index (χ1v) is 19.2. The van der Waals surface area contributed by atoms with Gasteiger partial charge >= 0.3 is 0 Å². The molecule has 0 N–H and O–H groups in total. The Kier molecular flexibility index (Phi) is 6.65. The van der Waals surface area contributed by atoms with E-state index in [-0.39, 0.29) is 12.1 Å². The van der Waals surface area contributed by atoms with E-state index < -0.39 is 0 Å². The van der Waals surface area contributed by atoms with Crippen molar-refractivity contribution in [2.45, 2.75) is 12.1 Å². The first-order valence-electron chi connectivity index (χ1n) is 19.2. The second-order valence-corrected chi connectivity index (χ2v) is 14.6. The molecule has 0 amide bonds. The Morgan fingerprint density at radius 2 is 1.02 bits per heavy atom. The van der Waals surface area contributed by atoms with Gasteiger partial charge in [-0.05, 0) is 96.1 Å². The minimum absolute atomic E-state index is 0.0297. The molecule has 12 rings (SSSR count). The molecule has 2 atom stereocenters. The summed E-state index contributed by atoms with van der Waals surface area (Å²) in [5.74, 6) is 0.147. The standard InChI is InChI=1S/C50H34N6/c1-3-16-34(17-4-1)53-42-24-10-7-20-38(42)46-39-21-8-11-25-43(39)55(49(46)53)36-30-33(41-23-13-14-28-51-41)31-37(32-36)56-45-27-15-29-52-48(45)47-40-22-9-12-26-44(40)54(50(47)56)35-18-5-2-6-19-35/h1-32,46,49H. The SMILES string of the molecule is c1ccc(N2c3ccccc3C3c4ccccc4N(c4cc(-c5ccccn5)cc(-n5c6cccnc6c6c7ccccc7n(-c7ccccc7)c65)c4)C32)cc1. The van der Waals surface area contributed by atoms with E-state index in [2.05, 4.69) is 189 Å². The minimum atomic E-state index is -0.0297. The van der Waals surface area contributed by atoms with Crippen LogP contribution in [0.2, 0.25) is 0 Å². The third-order valence-electron chi connectivity index (χ3n) is 11.7. The van der Waals surface area contributed by atoms with Gasteiger partial charge in [-0.1, -0.05) is 97.1 Å². The van der Waals surface area contributed by atoms with Crippen LogP contribution in [-0.4, -0.2) is 25.3 Å². The largest absolute Gasteiger partial charge is 0.319 e. The summed E-state index contributed by atoms with van der Waals surface area (Å²) in [4.78, 5) is 15.1. The molecule has 6 heteroatoms. The van der Waals surface area contributed by atoms with Gasteiger partial charge in [-0.3, -0.25) is 19.1 Å². The first kappa shape index (κ1) is 31.0. The number of rotatable bonds is 5. The molecule has 264 valence electrons. The van der Waals surface area contributed by atoms with Crippen molar-refractivity contribution in [2.75, 3.05) is 9.80 Å². The zero-order valence-corrected chi connectivity index (χ0v) is 30.3. The van der Waals surface area contributed by atoms with Crippen LogP contribution in [-0.2, 0) is 0 Å². The zero-order valence-electron chi connectivity index (χ0n) is 30.3. The van der Waals surface area contributed by atoms with E-state index in [4.69, 9.17) is 9.97 Å². The summed E-state index contributed by atoms with van der Waals surface area (Å²) in [5, 5.41) is 2.31. The van der Waals surface area contributed by atoms with Gasteiger partial charge in [-0.25, -0.2) is 0 Å². The molecule has 0 bridgehead atoms. The van der Waals surface area contributed by atoms with Crippen LogP contribution < -0.4 is 9.80 Å². The summed E-state index contributed by atoms with van der Waals surface area (Å²) in [6.45, 7) is 0. The predicted octanol–water partition coefficient (Wildman–Crippen LogP) is 11.9. The van der Waals surface area contributed by atoms with E-state index >= 15 is 0 Å². The summed E-state index contributed by atoms with van der Waals surface area (Å²) in [7, 11) is 0. The molecule has 2 aliphatic heterocycles. The molecule has 6 nitrogen and oxygen atoms in total. The average molecular weight is 719 g/mol. The van der Waals surface area contributed by atoms with Crippen LogP contribution in [0.4, 0.5) is 22.7 Å². The van der Waals surface area contributed by atoms with Crippen LogP contribution in [0, 0.1) is 0 Å². The minimum Gasteiger partial charge on any atom is -0.319 e. The second-order valence-electron chi connectivity index (χ2n) is 14.6. The Bertz CT molecular complexity index is 3100. The maximum Gasteiger partial charge on any atom is 0.133 e. The van der Waals surface area contributed by atoms with Gasteiger partial charge < -0.3 is 9.80 Å². The third-order valence-corrected chi connectivity index (χ3v) is 11.7. The van der Waals surface area contributed by atoms with Gasteiger partial charge in [0.2, 0.25) is 0 Å². The summed E-state index contributed by atoms with van der Waals surface area (Å²) in [6, 6.07) is 65.5. The van der Waals surface area contributed by atoms with Crippen molar-refractivity contribution in [3.63, 3.8) is 0 Å². The fourth-order valence-electron chi connectivity index (χ4n) is 9.50. The molecule has 0 spiro atoms. The Morgan fingerprint density at radius 1 is 0.429 bits per heavy atom. The molecule has 4 aromatic heterocycles. The fourth-order valence-corrected chi connectivity index (χ4v) is 9.50. The van der Waals surface area contributed by atoms with E-state index in [1.807, 2.05) is 24.5 Å². The van der Waals surface area contributed by atoms with E-state index in [9.17, 15) is 0 Å². The van der Waals surface area contributed by atoms with Crippen LogP contribution in [0.1, 0.15) is 17.0 Å². The van der Waals surface area contributed by atoms with Crippen molar-refractivity contribution in [2.24, 2.45) is 0 Å². The number of hydrogen-bond donors (Lipinski definition) is 0. The van der Waals surface area contributed by atoms with Crippen LogP contribution >= 0.6 is 0 Å². The summed E-state index contributed by atoms with van der Waals surface area (Å²) in [5.41, 5.74) is 15.7. The number of nitrogens with zero attached hydrogens (tertiary/aromatic N) is 6. The number of aromatic nitrogens is 4. The molecule has 2 aliphatic rings. The van der Waals surface area contributed by atoms with Crippen molar-refractivity contribution in [3.05, 3.63) is 206 Å². The summed E-state index contributed by atoms with van der Waals surface area (Å²) < 4.78 is 4.81. The van der Waals surface area contributed by atoms with Crippen LogP contribution in [0.3, 0.4) is 0 Å². The lowest BCUT2D eigenvalue weighted by atomic mass is 9.93. The average Bonchev–Trinajstić information content (AvgIpc) is 3.99. The monoisotopic (exact) mass is 718 g/mol. The number of pyridine rings is 2. The van der Waals surface area contributed by atoms with Gasteiger partial charge in [-0.2, -0.15) is 0 Å². The fraction of sp³-hybridized carbons (Fsp3) is 0.0400. The van der Waals surface area contributed by atoms with Crippen molar-refractivity contribution in [3.8, 4) is 22.6 Å². The van der Waals surface area contributed by atoms with Crippen molar-refractivity contribution >= 4 is 55.7 Å². The molecule has 0 fully saturated rings. The second kappa shape index (κ2) is 12.0. The molecule has 0 saturated heterocycles. The number of para-hydroxylation sites is 5. The van der Waals surface area contributed by atoms with Crippen molar-refractivity contribution in [1.82, 2.24) is 19.1 Å². The van der Waals surface area contributed by atoms with Crippen LogP contribution in [0.5, 0.6) is 0 Å². The molecule has 6 heterocycles. The molecule has 2 unspecified atom stereocenters. The summed E-state index contributed by atoms with van der Waals surface area (Å²) in [6.07, 6.45) is 3.76. The van der Waals surface area contributed by atoms with Crippen molar-refractivity contribution in [1.29, 1.82) is 0 Å². The molecular weight excluding hydrogens is 685 g/mol. The van der Waals surface area contributed by atoms with E-state index in [0.717, 1.165) is 55.9 Å². The molecule has 56 heavy (non-hydrogen) atoms. The number of anilines is 4. The number of hydrogen-bond acceptors (Lipinski definition) is 4. The van der Waals surface area contributed by atoms with E-state index in [0.29, 0.717) is 0 Å². The van der Waals surface area contributed by atoms with E-state index in [1.165, 1.54) is 33.6 Å². The van der Waals surface area contributed by atoms with E-state index in [1.54, 1.807) is 0 Å². The first-order chi connectivity index (χ1) is 27.8. The topological polar surface area (TPSA) is 42.1 Å². The molecular formula is C50H34N6. The Morgan fingerprint density at radius 3 is 1.77 bits per heavy atom. The maximum absolute atomic E-state index is 5.07. The Labute approximate surface area is 323 Å². The quantitative estimate of drug-likeness (QED) is 0.178. The molecule has 6 aromatic carbocycles. The lowest BCUT2D eigenvalue weighted by Crippen LogP contribution is -2.40. The Balaban J connectivity index is 1.18. The maximum atomic E-state index is 5.07. The van der Waals surface area contributed by atoms with Gasteiger partial charge in [0.1, 0.15) is 11.8 Å². The molecule has 0 aliphatic carbocycles. The van der Waals surface area contributed by atoms with Gasteiger partial charge in [0.25, 0.3) is 0 Å². The van der Waals surface area contributed by atoms with Crippen molar-refractivity contribution < 1.29 is 0 Å². The highest BCUT2D eigenvalue weighted by atomic mass is 15.4. The highest BCUT2D eigenvalue weighted by Crippen LogP contribution is 2.58.